The Bertz CT molecular complexity index is 57.2. The molecule has 0 aromatic carbocycles. The fourth-order valence-corrected chi connectivity index (χ4v) is 0.791. The Morgan fingerprint density at radius 3 is 2.43 bits per heavy atom. The molecule has 1 aliphatic carbocycles. The van der Waals surface area contributed by atoms with Crippen molar-refractivity contribution in [2.45, 2.75) is 32.4 Å². The van der Waals surface area contributed by atoms with Crippen molar-refractivity contribution in [1.29, 1.82) is 0 Å². The molecule has 1 fully saturated rings. The predicted molar refractivity (Wildman–Crippen MR) is 27.9 cm³/mol. The fraction of sp³-hybridized carbons (Fsp3) is 1.00. The summed E-state index contributed by atoms with van der Waals surface area (Å²) in [7, 11) is 0. The molecule has 1 rings (SSSR count). The van der Waals surface area contributed by atoms with E-state index in [2.05, 4.69) is 0 Å². The Morgan fingerprint density at radius 2 is 2.29 bits per heavy atom. The molecule has 0 aliphatic heterocycles. The van der Waals surface area contributed by atoms with Crippen LogP contribution in [0.4, 0.5) is 4.39 Å². The molecule has 0 radical (unpaired) electrons. The molecule has 42 valence electrons. The van der Waals surface area contributed by atoms with Crippen molar-refractivity contribution in [3.05, 3.63) is 0 Å². The molecule has 1 saturated carbocycles. The molecule has 0 saturated heterocycles. The lowest BCUT2D eigenvalue weighted by atomic mass is 10.2. The highest BCUT2D eigenvalue weighted by Gasteiger charge is 2.29. The van der Waals surface area contributed by atoms with E-state index >= 15 is 0 Å². The van der Waals surface area contributed by atoms with Crippen LogP contribution < -0.4 is 0 Å². The first kappa shape index (κ1) is 5.07. The summed E-state index contributed by atoms with van der Waals surface area (Å²) in [5, 5.41) is 0. The Balaban J connectivity index is 2.10. The van der Waals surface area contributed by atoms with Gasteiger partial charge in [-0.25, -0.2) is 4.39 Å². The van der Waals surface area contributed by atoms with E-state index in [9.17, 15) is 4.39 Å². The normalized spacial score (nSPS) is 24.9. The van der Waals surface area contributed by atoms with Gasteiger partial charge in [0.05, 0.1) is 0 Å². The Hall–Kier alpha value is -0.0700. The molecule has 0 spiro atoms. The molecule has 0 N–H and O–H groups in total. The van der Waals surface area contributed by atoms with Crippen LogP contribution in [-0.4, -0.2) is 6.17 Å². The molecular formula is C6H11F. The van der Waals surface area contributed by atoms with Crippen molar-refractivity contribution in [3.63, 3.8) is 0 Å². The second-order valence-electron chi connectivity index (χ2n) is 2.26. The summed E-state index contributed by atoms with van der Waals surface area (Å²) in [5.41, 5.74) is 0. The average Bonchev–Trinajstić information content (AvgIpc) is 2.44. The van der Waals surface area contributed by atoms with E-state index in [1.165, 1.54) is 0 Å². The van der Waals surface area contributed by atoms with Gasteiger partial charge in [-0.3, -0.25) is 0 Å². The van der Waals surface area contributed by atoms with Gasteiger partial charge >= 0.3 is 0 Å². The minimum atomic E-state index is -0.486. The summed E-state index contributed by atoms with van der Waals surface area (Å²) in [6.45, 7) is 1.91. The first-order valence-corrected chi connectivity index (χ1v) is 2.98. The van der Waals surface area contributed by atoms with E-state index in [-0.39, 0.29) is 0 Å². The Kier molecular flexibility index (Phi) is 1.31. The van der Waals surface area contributed by atoms with Gasteiger partial charge in [-0.15, -0.1) is 0 Å². The van der Waals surface area contributed by atoms with E-state index < -0.39 is 6.17 Å². The Morgan fingerprint density at radius 1 is 1.71 bits per heavy atom. The van der Waals surface area contributed by atoms with Gasteiger partial charge in [-0.05, 0) is 25.2 Å². The number of hydrogen-bond acceptors (Lipinski definition) is 0. The lowest BCUT2D eigenvalue weighted by Crippen LogP contribution is -1.98. The predicted octanol–water partition coefficient (Wildman–Crippen LogP) is 2.14. The van der Waals surface area contributed by atoms with Crippen LogP contribution in [0.3, 0.4) is 0 Å². The largest absolute Gasteiger partial charge is 0.247 e. The van der Waals surface area contributed by atoms with Crippen LogP contribution >= 0.6 is 0 Å². The van der Waals surface area contributed by atoms with Crippen molar-refractivity contribution in [2.24, 2.45) is 5.92 Å². The maximum atomic E-state index is 12.3. The van der Waals surface area contributed by atoms with Gasteiger partial charge in [0.1, 0.15) is 6.17 Å². The Labute approximate surface area is 43.7 Å². The minimum Gasteiger partial charge on any atom is -0.247 e. The van der Waals surface area contributed by atoms with Gasteiger partial charge in [0.25, 0.3) is 0 Å². The number of alkyl halides is 1. The van der Waals surface area contributed by atoms with E-state index in [0.717, 1.165) is 12.8 Å². The molecule has 7 heavy (non-hydrogen) atoms. The van der Waals surface area contributed by atoms with E-state index in [0.29, 0.717) is 12.3 Å². The average molecular weight is 102 g/mol. The van der Waals surface area contributed by atoms with Gasteiger partial charge in [0.15, 0.2) is 0 Å². The third kappa shape index (κ3) is 1.15. The topological polar surface area (TPSA) is 0 Å². The molecule has 0 aromatic heterocycles. The maximum Gasteiger partial charge on any atom is 0.103 e. The number of halogens is 1. The molecule has 0 heterocycles. The lowest BCUT2D eigenvalue weighted by molar-refractivity contribution is 0.289. The van der Waals surface area contributed by atoms with E-state index in [1.54, 1.807) is 0 Å². The second-order valence-corrected chi connectivity index (χ2v) is 2.26. The van der Waals surface area contributed by atoms with E-state index in [1.807, 2.05) is 6.92 Å². The number of rotatable bonds is 2. The fourth-order valence-electron chi connectivity index (χ4n) is 0.791. The summed E-state index contributed by atoms with van der Waals surface area (Å²) in [5.74, 6) is 0.449. The molecule has 0 aromatic rings. The summed E-state index contributed by atoms with van der Waals surface area (Å²) >= 11 is 0. The van der Waals surface area contributed by atoms with Crippen LogP contribution in [-0.2, 0) is 0 Å². The SMILES string of the molecule is CCC(F)C1CC1. The van der Waals surface area contributed by atoms with Crippen LogP contribution in [0.15, 0.2) is 0 Å². The third-order valence-electron chi connectivity index (χ3n) is 1.52. The molecule has 1 atom stereocenters. The van der Waals surface area contributed by atoms with Crippen molar-refractivity contribution in [2.75, 3.05) is 0 Å². The van der Waals surface area contributed by atoms with Crippen LogP contribution in [0.1, 0.15) is 26.2 Å². The highest BCUT2D eigenvalue weighted by molar-refractivity contribution is 4.79. The van der Waals surface area contributed by atoms with Crippen LogP contribution in [0, 0.1) is 5.92 Å². The zero-order valence-corrected chi connectivity index (χ0v) is 4.65. The molecule has 0 amide bonds. The third-order valence-corrected chi connectivity index (χ3v) is 1.52. The lowest BCUT2D eigenvalue weighted by Gasteiger charge is -1.97. The molecule has 0 nitrogen and oxygen atoms in total. The van der Waals surface area contributed by atoms with Crippen LogP contribution in [0.5, 0.6) is 0 Å². The standard InChI is InChI=1S/C6H11F/c1-2-6(7)5-3-4-5/h5-6H,2-4H2,1H3. The highest BCUT2D eigenvalue weighted by atomic mass is 19.1. The summed E-state index contributed by atoms with van der Waals surface area (Å²) in [6.07, 6.45) is 2.49. The van der Waals surface area contributed by atoms with Crippen molar-refractivity contribution >= 4 is 0 Å². The van der Waals surface area contributed by atoms with Gasteiger partial charge < -0.3 is 0 Å². The van der Waals surface area contributed by atoms with Gasteiger partial charge in [0, 0.05) is 0 Å². The van der Waals surface area contributed by atoms with Crippen LogP contribution in [0.2, 0.25) is 0 Å². The second kappa shape index (κ2) is 1.81. The van der Waals surface area contributed by atoms with E-state index in [4.69, 9.17) is 0 Å². The smallest absolute Gasteiger partial charge is 0.103 e. The first-order valence-electron chi connectivity index (χ1n) is 2.98. The molecule has 1 aliphatic rings. The molecule has 0 bridgehead atoms. The summed E-state index contributed by atoms with van der Waals surface area (Å²) < 4.78 is 12.3. The summed E-state index contributed by atoms with van der Waals surface area (Å²) in [6, 6.07) is 0. The highest BCUT2D eigenvalue weighted by Crippen LogP contribution is 2.35. The number of hydrogen-bond donors (Lipinski definition) is 0. The first-order chi connectivity index (χ1) is 3.34. The van der Waals surface area contributed by atoms with Gasteiger partial charge in [-0.2, -0.15) is 0 Å². The van der Waals surface area contributed by atoms with Crippen molar-refractivity contribution < 1.29 is 4.39 Å². The molecular weight excluding hydrogens is 91.1 g/mol. The zero-order valence-electron chi connectivity index (χ0n) is 4.65. The quantitative estimate of drug-likeness (QED) is 0.501. The van der Waals surface area contributed by atoms with Crippen molar-refractivity contribution in [1.82, 2.24) is 0 Å². The van der Waals surface area contributed by atoms with Gasteiger partial charge in [0.2, 0.25) is 0 Å². The minimum absolute atomic E-state index is 0.449. The summed E-state index contributed by atoms with van der Waals surface area (Å²) in [4.78, 5) is 0. The zero-order chi connectivity index (χ0) is 5.28. The maximum absolute atomic E-state index is 12.3. The molecule has 1 heteroatoms. The van der Waals surface area contributed by atoms with Crippen LogP contribution in [0.25, 0.3) is 0 Å². The molecule has 1 unspecified atom stereocenters. The van der Waals surface area contributed by atoms with Gasteiger partial charge in [-0.1, -0.05) is 6.92 Å². The van der Waals surface area contributed by atoms with Crippen molar-refractivity contribution in [3.8, 4) is 0 Å². The monoisotopic (exact) mass is 102 g/mol.